The summed E-state index contributed by atoms with van der Waals surface area (Å²) in [5.41, 5.74) is 0.966. The smallest absolute Gasteiger partial charge is 0.246 e. The van der Waals surface area contributed by atoms with Crippen molar-refractivity contribution in [3.8, 4) is 0 Å². The number of ether oxygens (including phenoxy) is 2. The second kappa shape index (κ2) is 8.28. The van der Waals surface area contributed by atoms with Crippen molar-refractivity contribution in [1.29, 1.82) is 0 Å². The average Bonchev–Trinajstić information content (AvgIpc) is 2.87. The molecule has 2 aliphatic heterocycles. The van der Waals surface area contributed by atoms with E-state index in [0.717, 1.165) is 43.7 Å². The Bertz CT molecular complexity index is 717. The maximum Gasteiger partial charge on any atom is 0.246 e. The van der Waals surface area contributed by atoms with Crippen LogP contribution in [0.1, 0.15) is 37.4 Å². The predicted octanol–water partition coefficient (Wildman–Crippen LogP) is 1.02. The maximum absolute atomic E-state index is 12.0. The summed E-state index contributed by atoms with van der Waals surface area (Å²) in [6.45, 7) is 6.56. The van der Waals surface area contributed by atoms with E-state index in [4.69, 9.17) is 21.1 Å². The maximum atomic E-state index is 12.0. The fourth-order valence-corrected chi connectivity index (χ4v) is 4.64. The number of rotatable bonds is 5. The lowest BCUT2D eigenvalue weighted by Crippen LogP contribution is -2.66. The predicted molar refractivity (Wildman–Crippen MR) is 105 cm³/mol. The molecule has 2 aliphatic rings. The summed E-state index contributed by atoms with van der Waals surface area (Å²) in [4.78, 5) is 14.4. The Morgan fingerprint density at radius 2 is 2.14 bits per heavy atom. The second-order valence-electron chi connectivity index (χ2n) is 8.34. The summed E-state index contributed by atoms with van der Waals surface area (Å²) in [5, 5.41) is 18.5. The van der Waals surface area contributed by atoms with E-state index in [1.54, 1.807) is 4.68 Å². The standard InChI is InChI=1S/C19H31ClN4O4/c1-13-14(17(20)23(3)22-13)9-24-7-5-19(6-8-24)12-18(2,15(25)10-28-19)21-16(26)11-27-4/h15,25H,5-12H2,1-4H3,(H,21,26)/t15-,18-/m0/s1. The third-order valence-electron chi connectivity index (χ3n) is 6.09. The van der Waals surface area contributed by atoms with Crippen molar-refractivity contribution in [2.45, 2.75) is 56.9 Å². The number of carbonyl (C=O) groups excluding carboxylic acids is 1. The first-order valence-corrected chi connectivity index (χ1v) is 10.1. The minimum atomic E-state index is -0.742. The van der Waals surface area contributed by atoms with Gasteiger partial charge in [-0.3, -0.25) is 14.4 Å². The van der Waals surface area contributed by atoms with E-state index in [0.29, 0.717) is 11.6 Å². The number of aliphatic hydroxyl groups excluding tert-OH is 1. The van der Waals surface area contributed by atoms with Crippen LogP contribution in [0.4, 0.5) is 0 Å². The molecule has 3 heterocycles. The fraction of sp³-hybridized carbons (Fsp3) is 0.789. The van der Waals surface area contributed by atoms with Gasteiger partial charge < -0.3 is 19.9 Å². The monoisotopic (exact) mass is 414 g/mol. The molecule has 158 valence electrons. The van der Waals surface area contributed by atoms with Gasteiger partial charge >= 0.3 is 0 Å². The number of hydrogen-bond acceptors (Lipinski definition) is 6. The minimum absolute atomic E-state index is 0.0187. The van der Waals surface area contributed by atoms with Crippen LogP contribution in [0, 0.1) is 6.92 Å². The number of nitrogens with zero attached hydrogens (tertiary/aromatic N) is 3. The zero-order chi connectivity index (χ0) is 20.5. The molecule has 3 rings (SSSR count). The molecule has 2 fully saturated rings. The van der Waals surface area contributed by atoms with Crippen molar-refractivity contribution in [3.05, 3.63) is 16.4 Å². The number of likely N-dealkylation sites (tertiary alicyclic amines) is 1. The first kappa shape index (κ1) is 21.5. The number of carbonyl (C=O) groups is 1. The Morgan fingerprint density at radius 1 is 1.46 bits per heavy atom. The van der Waals surface area contributed by atoms with Crippen LogP contribution in [0.5, 0.6) is 0 Å². The summed E-state index contributed by atoms with van der Waals surface area (Å²) in [6.07, 6.45) is 1.52. The number of aliphatic hydroxyl groups is 1. The molecule has 0 aromatic carbocycles. The highest BCUT2D eigenvalue weighted by atomic mass is 35.5. The number of methoxy groups -OCH3 is 1. The van der Waals surface area contributed by atoms with E-state index in [-0.39, 0.29) is 24.7 Å². The second-order valence-corrected chi connectivity index (χ2v) is 8.70. The molecule has 1 aromatic heterocycles. The van der Waals surface area contributed by atoms with Gasteiger partial charge in [-0.15, -0.1) is 0 Å². The first-order valence-electron chi connectivity index (χ1n) is 9.70. The van der Waals surface area contributed by atoms with Gasteiger partial charge in [0.15, 0.2) is 0 Å². The first-order chi connectivity index (χ1) is 13.2. The van der Waals surface area contributed by atoms with Crippen molar-refractivity contribution in [1.82, 2.24) is 20.0 Å². The number of aromatic nitrogens is 2. The number of piperidine rings is 1. The van der Waals surface area contributed by atoms with Gasteiger partial charge in [-0.1, -0.05) is 11.6 Å². The van der Waals surface area contributed by atoms with Crippen LogP contribution in [0.3, 0.4) is 0 Å². The summed E-state index contributed by atoms with van der Waals surface area (Å²) >= 11 is 6.37. The Labute approximate surface area is 171 Å². The highest BCUT2D eigenvalue weighted by Gasteiger charge is 2.50. The normalized spacial score (nSPS) is 27.9. The van der Waals surface area contributed by atoms with Crippen molar-refractivity contribution >= 4 is 17.5 Å². The van der Waals surface area contributed by atoms with Crippen LogP contribution >= 0.6 is 11.6 Å². The third-order valence-corrected chi connectivity index (χ3v) is 6.56. The molecule has 0 unspecified atom stereocenters. The van der Waals surface area contributed by atoms with Gasteiger partial charge in [0.05, 0.1) is 23.4 Å². The van der Waals surface area contributed by atoms with Crippen LogP contribution in [-0.2, 0) is 27.9 Å². The van der Waals surface area contributed by atoms with Gasteiger partial charge in [-0.05, 0) is 26.7 Å². The molecule has 0 radical (unpaired) electrons. The molecular formula is C19H31ClN4O4. The van der Waals surface area contributed by atoms with E-state index in [1.165, 1.54) is 7.11 Å². The average molecular weight is 415 g/mol. The lowest BCUT2D eigenvalue weighted by Gasteiger charge is -2.52. The van der Waals surface area contributed by atoms with Crippen LogP contribution < -0.4 is 5.32 Å². The third kappa shape index (κ3) is 4.36. The molecule has 0 aliphatic carbocycles. The van der Waals surface area contributed by atoms with E-state index >= 15 is 0 Å². The van der Waals surface area contributed by atoms with E-state index in [1.807, 2.05) is 20.9 Å². The van der Waals surface area contributed by atoms with E-state index in [2.05, 4.69) is 15.3 Å². The SMILES string of the molecule is COCC(=O)N[C@@]1(C)CC2(CCN(Cc3c(C)nn(C)c3Cl)CC2)OC[C@@H]1O. The molecule has 1 spiro atoms. The lowest BCUT2D eigenvalue weighted by molar-refractivity contribution is -0.182. The molecular weight excluding hydrogens is 384 g/mol. The number of nitrogens with one attached hydrogen (secondary N) is 1. The molecule has 1 aromatic rings. The van der Waals surface area contributed by atoms with Crippen LogP contribution in [-0.4, -0.2) is 76.4 Å². The summed E-state index contributed by atoms with van der Waals surface area (Å²) < 4.78 is 12.7. The molecule has 1 amide bonds. The van der Waals surface area contributed by atoms with Crippen LogP contribution in [0.15, 0.2) is 0 Å². The molecule has 2 N–H and O–H groups in total. The van der Waals surface area contributed by atoms with Gasteiger partial charge in [0.25, 0.3) is 0 Å². The molecule has 9 heteroatoms. The largest absolute Gasteiger partial charge is 0.388 e. The Hall–Kier alpha value is -1.19. The van der Waals surface area contributed by atoms with Crippen molar-refractivity contribution in [2.75, 3.05) is 33.4 Å². The van der Waals surface area contributed by atoms with Gasteiger partial charge in [-0.2, -0.15) is 5.10 Å². The number of amides is 1. The molecule has 2 saturated heterocycles. The van der Waals surface area contributed by atoms with Crippen molar-refractivity contribution in [3.63, 3.8) is 0 Å². The topological polar surface area (TPSA) is 88.9 Å². The number of aryl methyl sites for hydroxylation is 2. The summed E-state index contributed by atoms with van der Waals surface area (Å²) in [6, 6.07) is 0. The molecule has 2 atom stereocenters. The van der Waals surface area contributed by atoms with Crippen LogP contribution in [0.2, 0.25) is 5.15 Å². The van der Waals surface area contributed by atoms with Gasteiger partial charge in [0, 0.05) is 45.8 Å². The Morgan fingerprint density at radius 3 is 2.71 bits per heavy atom. The Balaban J connectivity index is 1.63. The molecule has 28 heavy (non-hydrogen) atoms. The highest BCUT2D eigenvalue weighted by molar-refractivity contribution is 6.30. The Kier molecular flexibility index (Phi) is 6.36. The summed E-state index contributed by atoms with van der Waals surface area (Å²) in [5.74, 6) is -0.222. The quantitative estimate of drug-likeness (QED) is 0.747. The van der Waals surface area contributed by atoms with Gasteiger partial charge in [0.1, 0.15) is 17.9 Å². The van der Waals surface area contributed by atoms with Gasteiger partial charge in [0.2, 0.25) is 5.91 Å². The molecule has 0 bridgehead atoms. The van der Waals surface area contributed by atoms with E-state index < -0.39 is 11.6 Å². The lowest BCUT2D eigenvalue weighted by atomic mass is 9.74. The summed E-state index contributed by atoms with van der Waals surface area (Å²) in [7, 11) is 3.33. The van der Waals surface area contributed by atoms with E-state index in [9.17, 15) is 9.90 Å². The van der Waals surface area contributed by atoms with Crippen molar-refractivity contribution < 1.29 is 19.4 Å². The minimum Gasteiger partial charge on any atom is -0.388 e. The zero-order valence-corrected chi connectivity index (χ0v) is 17.9. The molecule has 8 nitrogen and oxygen atoms in total. The van der Waals surface area contributed by atoms with Crippen LogP contribution in [0.25, 0.3) is 0 Å². The van der Waals surface area contributed by atoms with Gasteiger partial charge in [-0.25, -0.2) is 0 Å². The highest BCUT2D eigenvalue weighted by Crippen LogP contribution is 2.40. The number of halogens is 1. The fourth-order valence-electron chi connectivity index (χ4n) is 4.41. The number of hydrogen-bond donors (Lipinski definition) is 2. The van der Waals surface area contributed by atoms with Crippen molar-refractivity contribution in [2.24, 2.45) is 7.05 Å². The zero-order valence-electron chi connectivity index (χ0n) is 17.1. The molecule has 0 saturated carbocycles.